The van der Waals surface area contributed by atoms with Crippen LogP contribution in [0.5, 0.6) is 5.75 Å². The summed E-state index contributed by atoms with van der Waals surface area (Å²) < 4.78 is 0. The average Bonchev–Trinajstić information content (AvgIpc) is 2.65. The van der Waals surface area contributed by atoms with Crippen LogP contribution in [-0.2, 0) is 20.8 Å². The minimum absolute atomic E-state index is 0. The number of nitrogens with two attached hydrogens (primary N) is 2. The van der Waals surface area contributed by atoms with Crippen LogP contribution in [0.2, 0.25) is 0 Å². The number of aliphatic hydroxyl groups is 2. The molecule has 1 amide bonds. The number of anilines is 1. The zero-order valence-corrected chi connectivity index (χ0v) is 15.4. The Labute approximate surface area is 173 Å². The smallest absolute Gasteiger partial charge is 0.255 e. The van der Waals surface area contributed by atoms with Gasteiger partial charge in [-0.15, -0.1) is 12.8 Å². The predicted octanol–water partition coefficient (Wildman–Crippen LogP) is 1.78. The molecule has 0 spiro atoms. The molecule has 3 aliphatic rings. The first-order valence-electron chi connectivity index (χ1n) is 8.89. The Hall–Kier alpha value is -3.73. The number of phenolic OH excluding ortho intramolecular Hbond substituents is 1. The van der Waals surface area contributed by atoms with Crippen molar-refractivity contribution < 1.29 is 29.7 Å². The van der Waals surface area contributed by atoms with Crippen LogP contribution in [0.25, 0.3) is 5.76 Å². The number of aromatic hydroxyl groups is 1. The minimum Gasteiger partial charge on any atom is -0.511 e. The lowest BCUT2D eigenvalue weighted by molar-refractivity contribution is -0.127. The lowest BCUT2D eigenvalue weighted by atomic mass is 9.61. The molecule has 8 nitrogen and oxygen atoms in total. The van der Waals surface area contributed by atoms with Crippen molar-refractivity contribution in [1.29, 1.82) is 0 Å². The maximum Gasteiger partial charge on any atom is 0.255 e. The Morgan fingerprint density at radius 2 is 1.73 bits per heavy atom. The number of amides is 1. The second-order valence-corrected chi connectivity index (χ2v) is 7.29. The van der Waals surface area contributed by atoms with Crippen LogP contribution >= 0.6 is 0 Å². The molecule has 0 aromatic heterocycles. The van der Waals surface area contributed by atoms with E-state index in [1.807, 2.05) is 0 Å². The minimum atomic E-state index is -1.11. The molecular weight excluding hydrogens is 388 g/mol. The van der Waals surface area contributed by atoms with Crippen molar-refractivity contribution in [3.63, 3.8) is 0 Å². The Morgan fingerprint density at radius 1 is 1.10 bits per heavy atom. The first-order chi connectivity index (χ1) is 13.7. The Kier molecular flexibility index (Phi) is 5.98. The van der Waals surface area contributed by atoms with Gasteiger partial charge in [0, 0.05) is 12.0 Å². The van der Waals surface area contributed by atoms with Crippen molar-refractivity contribution >= 4 is 28.9 Å². The van der Waals surface area contributed by atoms with E-state index in [4.69, 9.17) is 11.5 Å². The number of terminal acetylenes is 1. The molecule has 0 aliphatic heterocycles. The highest BCUT2D eigenvalue weighted by molar-refractivity contribution is 6.21. The molecule has 1 aromatic rings. The van der Waals surface area contributed by atoms with Crippen LogP contribution in [0.1, 0.15) is 31.4 Å². The lowest BCUT2D eigenvalue weighted by Gasteiger charge is -2.41. The number of aliphatic hydroxyl groups excluding tert-OH is 2. The molecule has 7 N–H and O–H groups in total. The van der Waals surface area contributed by atoms with Crippen LogP contribution in [0, 0.1) is 30.6 Å². The SMILES string of the molecule is C.C#C.NC(=O)C1=C(O)C2C(=O)C3=C(O)c4c(ccc(N)c4O)CC3CC2CC1=O. The largest absolute Gasteiger partial charge is 0.511 e. The van der Waals surface area contributed by atoms with Gasteiger partial charge in [-0.25, -0.2) is 0 Å². The van der Waals surface area contributed by atoms with Gasteiger partial charge in [0.25, 0.3) is 5.91 Å². The summed E-state index contributed by atoms with van der Waals surface area (Å²) in [6.07, 6.45) is 8.70. The van der Waals surface area contributed by atoms with E-state index < -0.39 is 40.6 Å². The zero-order valence-electron chi connectivity index (χ0n) is 15.4. The van der Waals surface area contributed by atoms with Gasteiger partial charge in [0.2, 0.25) is 0 Å². The van der Waals surface area contributed by atoms with Crippen molar-refractivity contribution in [1.82, 2.24) is 0 Å². The van der Waals surface area contributed by atoms with Gasteiger partial charge in [-0.3, -0.25) is 14.4 Å². The second-order valence-electron chi connectivity index (χ2n) is 7.29. The van der Waals surface area contributed by atoms with Gasteiger partial charge in [0.15, 0.2) is 11.6 Å². The summed E-state index contributed by atoms with van der Waals surface area (Å²) in [5.74, 6) is -5.47. The number of fused-ring (bicyclic) bond motifs is 3. The summed E-state index contributed by atoms with van der Waals surface area (Å²) in [5.41, 5.74) is 11.2. The summed E-state index contributed by atoms with van der Waals surface area (Å²) in [7, 11) is 0. The van der Waals surface area contributed by atoms with Crippen molar-refractivity contribution in [3.05, 3.63) is 40.2 Å². The van der Waals surface area contributed by atoms with Gasteiger partial charge in [-0.2, -0.15) is 0 Å². The summed E-state index contributed by atoms with van der Waals surface area (Å²) in [6.45, 7) is 0. The topological polar surface area (TPSA) is 164 Å². The van der Waals surface area contributed by atoms with E-state index in [0.29, 0.717) is 18.4 Å². The third kappa shape index (κ3) is 3.08. The third-order valence-corrected chi connectivity index (χ3v) is 5.79. The molecular formula is C22H24N2O6. The number of primary amides is 1. The monoisotopic (exact) mass is 412 g/mol. The molecule has 158 valence electrons. The summed E-state index contributed by atoms with van der Waals surface area (Å²) >= 11 is 0. The van der Waals surface area contributed by atoms with Crippen molar-refractivity contribution in [2.24, 2.45) is 23.5 Å². The molecule has 1 aromatic carbocycles. The number of hydrogen-bond donors (Lipinski definition) is 5. The fourth-order valence-corrected chi connectivity index (χ4v) is 4.63. The third-order valence-electron chi connectivity index (χ3n) is 5.79. The molecule has 0 saturated heterocycles. The number of allylic oxidation sites excluding steroid dienone is 2. The summed E-state index contributed by atoms with van der Waals surface area (Å²) in [6, 6.07) is 3.21. The Balaban J connectivity index is 0.00000104. The predicted molar refractivity (Wildman–Crippen MR) is 111 cm³/mol. The van der Waals surface area contributed by atoms with Gasteiger partial charge >= 0.3 is 0 Å². The van der Waals surface area contributed by atoms with Crippen molar-refractivity contribution in [2.75, 3.05) is 5.73 Å². The standard InChI is InChI=1S/C19H18N2O6.C2H2.CH4/c20-9-2-1-6-3-7-4-8-5-10(22)14(19(21)27)18(26)13(8)17(25)12(7)16(24)11(6)15(9)23;1-2;/h1-2,7-8,13,23-24,26H,3-5,20H2,(H2,21,27);1-2H;1H4. The number of phenols is 1. The van der Waals surface area contributed by atoms with Crippen LogP contribution < -0.4 is 11.5 Å². The fraction of sp³-hybridized carbons (Fsp3) is 0.318. The van der Waals surface area contributed by atoms with E-state index in [9.17, 15) is 29.7 Å². The average molecular weight is 412 g/mol. The maximum atomic E-state index is 13.1. The van der Waals surface area contributed by atoms with Crippen LogP contribution in [0.4, 0.5) is 5.69 Å². The Morgan fingerprint density at radius 3 is 2.33 bits per heavy atom. The summed E-state index contributed by atoms with van der Waals surface area (Å²) in [4.78, 5) is 36.8. The molecule has 30 heavy (non-hydrogen) atoms. The molecule has 1 fully saturated rings. The molecule has 3 atom stereocenters. The van der Waals surface area contributed by atoms with E-state index >= 15 is 0 Å². The molecule has 0 radical (unpaired) electrons. The van der Waals surface area contributed by atoms with Gasteiger partial charge in [0.1, 0.15) is 22.8 Å². The van der Waals surface area contributed by atoms with E-state index in [-0.39, 0.29) is 48.1 Å². The highest BCUT2D eigenvalue weighted by atomic mass is 16.3. The van der Waals surface area contributed by atoms with Gasteiger partial charge in [0.05, 0.1) is 17.2 Å². The number of benzene rings is 1. The lowest BCUT2D eigenvalue weighted by Crippen LogP contribution is -2.44. The molecule has 8 heteroatoms. The van der Waals surface area contributed by atoms with Gasteiger partial charge in [-0.1, -0.05) is 13.5 Å². The van der Waals surface area contributed by atoms with Crippen LogP contribution in [0.15, 0.2) is 29.0 Å². The number of hydrogen-bond acceptors (Lipinski definition) is 7. The molecule has 4 rings (SSSR count). The second kappa shape index (κ2) is 7.95. The number of carbonyl (C=O) groups is 3. The number of ketones is 2. The normalized spacial score (nSPS) is 24.5. The van der Waals surface area contributed by atoms with E-state index in [2.05, 4.69) is 12.8 Å². The van der Waals surface area contributed by atoms with E-state index in [1.54, 1.807) is 6.07 Å². The molecule has 3 unspecified atom stereocenters. The first kappa shape index (κ1) is 22.6. The molecule has 3 aliphatic carbocycles. The number of nitrogen functional groups attached to an aromatic ring is 1. The highest BCUT2D eigenvalue weighted by Crippen LogP contribution is 2.50. The van der Waals surface area contributed by atoms with Crippen LogP contribution in [-0.4, -0.2) is 32.8 Å². The number of rotatable bonds is 1. The zero-order chi connectivity index (χ0) is 21.6. The molecule has 0 heterocycles. The van der Waals surface area contributed by atoms with Crippen LogP contribution in [0.3, 0.4) is 0 Å². The number of Topliss-reactive ketones (excluding diaryl/α,β-unsaturated/α-hetero) is 2. The van der Waals surface area contributed by atoms with E-state index in [0.717, 1.165) is 0 Å². The Bertz CT molecular complexity index is 1030. The maximum absolute atomic E-state index is 13.1. The highest BCUT2D eigenvalue weighted by Gasteiger charge is 2.50. The molecule has 0 bridgehead atoms. The van der Waals surface area contributed by atoms with Crippen molar-refractivity contribution in [3.8, 4) is 18.6 Å². The number of carbonyl (C=O) groups excluding carboxylic acids is 3. The quantitative estimate of drug-likeness (QED) is 0.203. The fourth-order valence-electron chi connectivity index (χ4n) is 4.63. The van der Waals surface area contributed by atoms with Gasteiger partial charge < -0.3 is 26.8 Å². The summed E-state index contributed by atoms with van der Waals surface area (Å²) in [5, 5.41) is 31.4. The first-order valence-corrected chi connectivity index (χ1v) is 8.89. The van der Waals surface area contributed by atoms with E-state index in [1.165, 1.54) is 6.07 Å². The van der Waals surface area contributed by atoms with Crippen molar-refractivity contribution in [2.45, 2.75) is 26.7 Å². The van der Waals surface area contributed by atoms with Gasteiger partial charge in [-0.05, 0) is 36.3 Å². The molecule has 1 saturated carbocycles.